The molecule has 0 saturated carbocycles. The van der Waals surface area contributed by atoms with Crippen LogP contribution in [0.5, 0.6) is 0 Å². The van der Waals surface area contributed by atoms with Crippen LogP contribution in [0.2, 0.25) is 5.02 Å². The number of carbonyl (C=O) groups excluding carboxylic acids is 1. The second kappa shape index (κ2) is 7.13. The molecule has 0 aliphatic heterocycles. The van der Waals surface area contributed by atoms with Crippen molar-refractivity contribution in [1.29, 1.82) is 0 Å². The van der Waals surface area contributed by atoms with Crippen LogP contribution in [0.4, 0.5) is 5.69 Å². The number of nitrogens with one attached hydrogen (secondary N) is 1. The first-order valence-electron chi connectivity index (χ1n) is 6.10. The van der Waals surface area contributed by atoms with Crippen molar-refractivity contribution in [3.05, 3.63) is 21.6 Å². The molecule has 0 spiro atoms. The van der Waals surface area contributed by atoms with Gasteiger partial charge in [0.1, 0.15) is 11.6 Å². The highest BCUT2D eigenvalue weighted by Crippen LogP contribution is 2.15. The maximum atomic E-state index is 11.9. The van der Waals surface area contributed by atoms with Gasteiger partial charge in [-0.25, -0.2) is 4.68 Å². The first-order chi connectivity index (χ1) is 8.95. The number of hydrogen-bond donors (Lipinski definition) is 1. The van der Waals surface area contributed by atoms with Crippen LogP contribution in [-0.2, 0) is 16.1 Å². The molecule has 1 N–H and O–H groups in total. The van der Waals surface area contributed by atoms with E-state index in [2.05, 4.69) is 10.4 Å². The molecule has 0 fully saturated rings. The number of ether oxygens (including phenoxy) is 1. The summed E-state index contributed by atoms with van der Waals surface area (Å²) in [5.74, 6) is -0.121. The van der Waals surface area contributed by atoms with Gasteiger partial charge in [0, 0.05) is 6.54 Å². The zero-order valence-corrected chi connectivity index (χ0v) is 12.0. The zero-order valence-electron chi connectivity index (χ0n) is 11.3. The number of carbonyl (C=O) groups is 1. The predicted molar refractivity (Wildman–Crippen MR) is 73.5 cm³/mol. The molecule has 0 unspecified atom stereocenters. The summed E-state index contributed by atoms with van der Waals surface area (Å²) in [5, 5.41) is 6.77. The van der Waals surface area contributed by atoms with E-state index in [1.807, 2.05) is 13.8 Å². The molecule has 0 aliphatic rings. The average molecular weight is 288 g/mol. The van der Waals surface area contributed by atoms with Crippen molar-refractivity contribution in [1.82, 2.24) is 9.78 Å². The molecule has 0 bridgehead atoms. The van der Waals surface area contributed by atoms with E-state index in [9.17, 15) is 9.59 Å². The number of halogens is 1. The average Bonchev–Trinajstić information content (AvgIpc) is 2.34. The van der Waals surface area contributed by atoms with Gasteiger partial charge in [0.25, 0.3) is 5.56 Å². The molecule has 0 atom stereocenters. The maximum absolute atomic E-state index is 11.9. The van der Waals surface area contributed by atoms with E-state index in [1.54, 1.807) is 6.92 Å². The summed E-state index contributed by atoms with van der Waals surface area (Å²) in [7, 11) is 0. The Morgan fingerprint density at radius 1 is 1.58 bits per heavy atom. The Hall–Kier alpha value is -1.56. The number of anilines is 1. The van der Waals surface area contributed by atoms with Crippen LogP contribution >= 0.6 is 11.6 Å². The lowest BCUT2D eigenvalue weighted by Crippen LogP contribution is -2.27. The SMILES string of the molecule is CCOC(=O)CNc1cnn(CC(C)C)c(=O)c1Cl. The van der Waals surface area contributed by atoms with Gasteiger partial charge in [0.2, 0.25) is 0 Å². The van der Waals surface area contributed by atoms with E-state index >= 15 is 0 Å². The van der Waals surface area contributed by atoms with Gasteiger partial charge >= 0.3 is 5.97 Å². The van der Waals surface area contributed by atoms with Gasteiger partial charge < -0.3 is 10.1 Å². The van der Waals surface area contributed by atoms with E-state index in [1.165, 1.54) is 10.9 Å². The van der Waals surface area contributed by atoms with Crippen LogP contribution in [0.3, 0.4) is 0 Å². The van der Waals surface area contributed by atoms with Crippen molar-refractivity contribution < 1.29 is 9.53 Å². The molecule has 0 aromatic carbocycles. The summed E-state index contributed by atoms with van der Waals surface area (Å²) in [6, 6.07) is 0. The molecule has 1 heterocycles. The Labute approximate surface area is 116 Å². The quantitative estimate of drug-likeness (QED) is 0.803. The fourth-order valence-electron chi connectivity index (χ4n) is 1.44. The van der Waals surface area contributed by atoms with Crippen molar-refractivity contribution in [2.75, 3.05) is 18.5 Å². The van der Waals surface area contributed by atoms with E-state index in [0.29, 0.717) is 24.8 Å². The fourth-order valence-corrected chi connectivity index (χ4v) is 1.66. The van der Waals surface area contributed by atoms with E-state index in [0.717, 1.165) is 0 Å². The second-order valence-corrected chi connectivity index (χ2v) is 4.79. The highest BCUT2D eigenvalue weighted by molar-refractivity contribution is 6.33. The standard InChI is InChI=1S/C12H18ClN3O3/c1-4-19-10(17)6-14-9-5-15-16(7-8(2)3)12(18)11(9)13/h5,8,14H,4,6-7H2,1-3H3. The molecule has 1 aromatic rings. The topological polar surface area (TPSA) is 73.2 Å². The number of esters is 1. The minimum absolute atomic E-state index is 0.0277. The third-order valence-corrected chi connectivity index (χ3v) is 2.62. The molecule has 0 amide bonds. The zero-order chi connectivity index (χ0) is 14.4. The number of hydrogen-bond acceptors (Lipinski definition) is 5. The largest absolute Gasteiger partial charge is 0.465 e. The van der Waals surface area contributed by atoms with E-state index in [4.69, 9.17) is 16.3 Å². The molecule has 0 radical (unpaired) electrons. The summed E-state index contributed by atoms with van der Waals surface area (Å²) >= 11 is 5.95. The molecular formula is C12H18ClN3O3. The summed E-state index contributed by atoms with van der Waals surface area (Å²) < 4.78 is 6.07. The summed E-state index contributed by atoms with van der Waals surface area (Å²) in [6.07, 6.45) is 1.44. The van der Waals surface area contributed by atoms with Crippen molar-refractivity contribution in [2.24, 2.45) is 5.92 Å². The predicted octanol–water partition coefficient (Wildman–Crippen LogP) is 1.53. The van der Waals surface area contributed by atoms with Crippen LogP contribution in [0, 0.1) is 5.92 Å². The highest BCUT2D eigenvalue weighted by Gasteiger charge is 2.11. The molecule has 1 aromatic heterocycles. The van der Waals surface area contributed by atoms with Crippen LogP contribution in [0.15, 0.2) is 11.0 Å². The monoisotopic (exact) mass is 287 g/mol. The lowest BCUT2D eigenvalue weighted by atomic mass is 10.2. The van der Waals surface area contributed by atoms with Gasteiger partial charge in [-0.15, -0.1) is 0 Å². The number of rotatable bonds is 6. The van der Waals surface area contributed by atoms with E-state index in [-0.39, 0.29) is 17.1 Å². The molecule has 1 rings (SSSR count). The minimum Gasteiger partial charge on any atom is -0.465 e. The summed E-state index contributed by atoms with van der Waals surface area (Å²) in [6.45, 7) is 6.44. The minimum atomic E-state index is -0.412. The smallest absolute Gasteiger partial charge is 0.325 e. The van der Waals surface area contributed by atoms with Gasteiger partial charge in [-0.3, -0.25) is 9.59 Å². The van der Waals surface area contributed by atoms with Crippen LogP contribution in [0.25, 0.3) is 0 Å². The second-order valence-electron chi connectivity index (χ2n) is 4.41. The molecular weight excluding hydrogens is 270 g/mol. The van der Waals surface area contributed by atoms with Gasteiger partial charge in [0.05, 0.1) is 18.5 Å². The Bertz CT molecular complexity index is 499. The highest BCUT2D eigenvalue weighted by atomic mass is 35.5. The maximum Gasteiger partial charge on any atom is 0.325 e. The van der Waals surface area contributed by atoms with Crippen molar-refractivity contribution >= 4 is 23.3 Å². The van der Waals surface area contributed by atoms with Gasteiger partial charge in [0.15, 0.2) is 0 Å². The van der Waals surface area contributed by atoms with Crippen molar-refractivity contribution in [3.8, 4) is 0 Å². The van der Waals surface area contributed by atoms with Crippen LogP contribution < -0.4 is 10.9 Å². The normalized spacial score (nSPS) is 10.6. The van der Waals surface area contributed by atoms with Crippen molar-refractivity contribution in [3.63, 3.8) is 0 Å². The molecule has 106 valence electrons. The van der Waals surface area contributed by atoms with Crippen molar-refractivity contribution in [2.45, 2.75) is 27.3 Å². The first kappa shape index (κ1) is 15.5. The molecule has 19 heavy (non-hydrogen) atoms. The molecule has 0 aliphatic carbocycles. The number of aromatic nitrogens is 2. The summed E-state index contributed by atoms with van der Waals surface area (Å²) in [4.78, 5) is 23.1. The lowest BCUT2D eigenvalue weighted by molar-refractivity contribution is -0.140. The summed E-state index contributed by atoms with van der Waals surface area (Å²) in [5.41, 5.74) is -0.0380. The Morgan fingerprint density at radius 2 is 2.26 bits per heavy atom. The van der Waals surface area contributed by atoms with Gasteiger partial charge in [-0.2, -0.15) is 5.10 Å². The van der Waals surface area contributed by atoms with Crippen LogP contribution in [0.1, 0.15) is 20.8 Å². The van der Waals surface area contributed by atoms with Gasteiger partial charge in [-0.05, 0) is 12.8 Å². The third kappa shape index (κ3) is 4.55. The Morgan fingerprint density at radius 3 is 2.84 bits per heavy atom. The third-order valence-electron chi connectivity index (χ3n) is 2.25. The lowest BCUT2D eigenvalue weighted by Gasteiger charge is -2.11. The molecule has 7 heteroatoms. The van der Waals surface area contributed by atoms with E-state index < -0.39 is 5.97 Å². The first-order valence-corrected chi connectivity index (χ1v) is 6.48. The Kier molecular flexibility index (Phi) is 5.82. The van der Waals surface area contributed by atoms with Crippen LogP contribution in [-0.4, -0.2) is 28.9 Å². The Balaban J connectivity index is 2.79. The number of nitrogens with zero attached hydrogens (tertiary/aromatic N) is 2. The fraction of sp³-hybridized carbons (Fsp3) is 0.583. The van der Waals surface area contributed by atoms with Gasteiger partial charge in [-0.1, -0.05) is 25.4 Å². The molecule has 0 saturated heterocycles. The molecule has 6 nitrogen and oxygen atoms in total.